The van der Waals surface area contributed by atoms with E-state index in [1.165, 1.54) is 38.8 Å². The molecule has 7 heteroatoms. The Morgan fingerprint density at radius 1 is 1.18 bits per heavy atom. The highest BCUT2D eigenvalue weighted by Crippen LogP contribution is 2.29. The number of piperidine rings is 1. The minimum atomic E-state index is 0. The summed E-state index contributed by atoms with van der Waals surface area (Å²) in [6, 6.07) is 6.52. The molecule has 1 aliphatic heterocycles. The first-order chi connectivity index (χ1) is 13.2. The molecular weight excluding hydrogens is 467 g/mol. The fourth-order valence-electron chi connectivity index (χ4n) is 3.47. The van der Waals surface area contributed by atoms with Crippen molar-refractivity contribution in [2.75, 3.05) is 45.7 Å². The van der Waals surface area contributed by atoms with Crippen molar-refractivity contribution in [2.24, 2.45) is 4.99 Å². The van der Waals surface area contributed by atoms with Crippen LogP contribution in [0.4, 0.5) is 5.69 Å². The molecule has 1 heterocycles. The van der Waals surface area contributed by atoms with Crippen LogP contribution in [0.2, 0.25) is 0 Å². The zero-order valence-corrected chi connectivity index (χ0v) is 20.1. The van der Waals surface area contributed by atoms with Crippen molar-refractivity contribution in [1.82, 2.24) is 10.2 Å². The van der Waals surface area contributed by atoms with Gasteiger partial charge in [-0.1, -0.05) is 6.42 Å². The molecule has 1 fully saturated rings. The number of methoxy groups -OCH3 is 2. The zero-order chi connectivity index (χ0) is 19.5. The van der Waals surface area contributed by atoms with Crippen molar-refractivity contribution in [2.45, 2.75) is 52.0 Å². The second-order valence-corrected chi connectivity index (χ2v) is 7.04. The van der Waals surface area contributed by atoms with Gasteiger partial charge in [-0.3, -0.25) is 4.99 Å². The van der Waals surface area contributed by atoms with Gasteiger partial charge < -0.3 is 25.0 Å². The van der Waals surface area contributed by atoms with Gasteiger partial charge in [0.2, 0.25) is 0 Å². The highest BCUT2D eigenvalue weighted by atomic mass is 127. The number of hydrogen-bond donors (Lipinski definition) is 2. The molecule has 2 N–H and O–H groups in total. The van der Waals surface area contributed by atoms with Crippen LogP contribution in [0.15, 0.2) is 23.2 Å². The number of unbranched alkanes of at least 4 members (excludes halogenated alkanes) is 1. The second kappa shape index (κ2) is 13.9. The number of benzene rings is 1. The standard InChI is InChI=1S/C21H36N4O2.HI/c1-5-22-21(24-18-11-12-19(26-3)20(16-18)27-4)23-13-7-9-15-25-14-8-6-10-17(25)2;/h11-12,16-17H,5-10,13-15H2,1-4H3,(H2,22,23,24);1H. The maximum atomic E-state index is 5.37. The van der Waals surface area contributed by atoms with Crippen LogP contribution in [0.3, 0.4) is 0 Å². The number of halogens is 1. The van der Waals surface area contributed by atoms with Gasteiger partial charge in [-0.25, -0.2) is 0 Å². The van der Waals surface area contributed by atoms with Crippen molar-refractivity contribution in [3.05, 3.63) is 18.2 Å². The molecule has 0 bridgehead atoms. The van der Waals surface area contributed by atoms with E-state index in [2.05, 4.69) is 29.4 Å². The number of nitrogens with one attached hydrogen (secondary N) is 2. The summed E-state index contributed by atoms with van der Waals surface area (Å²) in [6.07, 6.45) is 6.38. The van der Waals surface area contributed by atoms with Crippen molar-refractivity contribution in [1.29, 1.82) is 0 Å². The quantitative estimate of drug-likeness (QED) is 0.227. The van der Waals surface area contributed by atoms with Crippen LogP contribution in [-0.4, -0.2) is 57.3 Å². The number of ether oxygens (including phenoxy) is 2. The lowest BCUT2D eigenvalue weighted by Gasteiger charge is -2.33. The number of guanidine groups is 1. The van der Waals surface area contributed by atoms with E-state index >= 15 is 0 Å². The lowest BCUT2D eigenvalue weighted by Crippen LogP contribution is -2.38. The van der Waals surface area contributed by atoms with E-state index in [9.17, 15) is 0 Å². The number of rotatable bonds is 9. The molecule has 0 radical (unpaired) electrons. The Labute approximate surface area is 187 Å². The van der Waals surface area contributed by atoms with Crippen molar-refractivity contribution in [3.63, 3.8) is 0 Å². The van der Waals surface area contributed by atoms with E-state index in [1.54, 1.807) is 14.2 Å². The molecular formula is C21H37IN4O2. The molecule has 28 heavy (non-hydrogen) atoms. The molecule has 0 amide bonds. The molecule has 0 saturated carbocycles. The van der Waals surface area contributed by atoms with Gasteiger partial charge in [-0.15, -0.1) is 24.0 Å². The summed E-state index contributed by atoms with van der Waals surface area (Å²) in [5.41, 5.74) is 0.925. The van der Waals surface area contributed by atoms with E-state index in [-0.39, 0.29) is 24.0 Å². The minimum absolute atomic E-state index is 0. The summed E-state index contributed by atoms with van der Waals surface area (Å²) in [7, 11) is 3.28. The van der Waals surface area contributed by atoms with Gasteiger partial charge in [0.05, 0.1) is 14.2 Å². The van der Waals surface area contributed by atoms with Gasteiger partial charge in [0.15, 0.2) is 17.5 Å². The molecule has 1 aromatic carbocycles. The third kappa shape index (κ3) is 8.03. The summed E-state index contributed by atoms with van der Waals surface area (Å²) in [6.45, 7) is 8.52. The smallest absolute Gasteiger partial charge is 0.195 e. The number of anilines is 1. The number of hydrogen-bond acceptors (Lipinski definition) is 4. The molecule has 0 aliphatic carbocycles. The lowest BCUT2D eigenvalue weighted by atomic mass is 10.0. The third-order valence-electron chi connectivity index (χ3n) is 5.05. The fourth-order valence-corrected chi connectivity index (χ4v) is 3.47. The maximum absolute atomic E-state index is 5.37. The fraction of sp³-hybridized carbons (Fsp3) is 0.667. The number of aliphatic imine (C=N–C) groups is 1. The number of likely N-dealkylation sites (tertiary alicyclic amines) is 1. The molecule has 160 valence electrons. The van der Waals surface area contributed by atoms with Crippen molar-refractivity contribution in [3.8, 4) is 11.5 Å². The maximum Gasteiger partial charge on any atom is 0.195 e. The van der Waals surface area contributed by atoms with Crippen LogP contribution < -0.4 is 20.1 Å². The van der Waals surface area contributed by atoms with Gasteiger partial charge in [0.25, 0.3) is 0 Å². The zero-order valence-electron chi connectivity index (χ0n) is 17.8. The summed E-state index contributed by atoms with van der Waals surface area (Å²) in [4.78, 5) is 7.34. The Bertz CT molecular complexity index is 598. The second-order valence-electron chi connectivity index (χ2n) is 7.04. The first-order valence-corrected chi connectivity index (χ1v) is 10.2. The molecule has 2 rings (SSSR count). The third-order valence-corrected chi connectivity index (χ3v) is 5.05. The largest absolute Gasteiger partial charge is 0.493 e. The Hall–Kier alpha value is -1.22. The van der Waals surface area contributed by atoms with Crippen LogP contribution in [0.5, 0.6) is 11.5 Å². The monoisotopic (exact) mass is 504 g/mol. The Kier molecular flexibility index (Phi) is 12.3. The summed E-state index contributed by atoms with van der Waals surface area (Å²) in [5, 5.41) is 6.65. The van der Waals surface area contributed by atoms with Gasteiger partial charge in [-0.05, 0) is 64.8 Å². The summed E-state index contributed by atoms with van der Waals surface area (Å²) < 4.78 is 10.7. The predicted octanol–water partition coefficient (Wildman–Crippen LogP) is 4.35. The normalized spacial score (nSPS) is 17.6. The average Bonchev–Trinajstić information content (AvgIpc) is 2.69. The van der Waals surface area contributed by atoms with Gasteiger partial charge in [0.1, 0.15) is 0 Å². The summed E-state index contributed by atoms with van der Waals surface area (Å²) in [5.74, 6) is 2.22. The molecule has 1 atom stereocenters. The van der Waals surface area contributed by atoms with Gasteiger partial charge in [0, 0.05) is 30.9 Å². The molecule has 6 nitrogen and oxygen atoms in total. The van der Waals surface area contributed by atoms with Crippen LogP contribution in [0, 0.1) is 0 Å². The van der Waals surface area contributed by atoms with Crippen LogP contribution in [0.1, 0.15) is 46.0 Å². The first kappa shape index (κ1) is 24.8. The molecule has 0 spiro atoms. The van der Waals surface area contributed by atoms with E-state index in [4.69, 9.17) is 14.5 Å². The molecule has 1 saturated heterocycles. The van der Waals surface area contributed by atoms with Crippen LogP contribution >= 0.6 is 24.0 Å². The van der Waals surface area contributed by atoms with E-state index in [0.29, 0.717) is 5.75 Å². The van der Waals surface area contributed by atoms with E-state index in [0.717, 1.165) is 42.9 Å². The molecule has 0 aromatic heterocycles. The van der Waals surface area contributed by atoms with Crippen LogP contribution in [0.25, 0.3) is 0 Å². The van der Waals surface area contributed by atoms with E-state index in [1.807, 2.05) is 18.2 Å². The van der Waals surface area contributed by atoms with Gasteiger partial charge >= 0.3 is 0 Å². The number of nitrogens with zero attached hydrogens (tertiary/aromatic N) is 2. The highest BCUT2D eigenvalue weighted by molar-refractivity contribution is 14.0. The predicted molar refractivity (Wildman–Crippen MR) is 129 cm³/mol. The van der Waals surface area contributed by atoms with Crippen molar-refractivity contribution < 1.29 is 9.47 Å². The topological polar surface area (TPSA) is 58.1 Å². The Morgan fingerprint density at radius 3 is 2.64 bits per heavy atom. The van der Waals surface area contributed by atoms with Gasteiger partial charge in [-0.2, -0.15) is 0 Å². The molecule has 1 unspecified atom stereocenters. The molecule has 1 aromatic rings. The average molecular weight is 504 g/mol. The lowest BCUT2D eigenvalue weighted by molar-refractivity contribution is 0.158. The van der Waals surface area contributed by atoms with Crippen LogP contribution in [-0.2, 0) is 0 Å². The summed E-state index contributed by atoms with van der Waals surface area (Å²) >= 11 is 0. The first-order valence-electron chi connectivity index (χ1n) is 10.2. The molecule has 1 aliphatic rings. The SMILES string of the molecule is CCNC(=NCCCCN1CCCCC1C)Nc1ccc(OC)c(OC)c1.I. The minimum Gasteiger partial charge on any atom is -0.493 e. The van der Waals surface area contributed by atoms with E-state index < -0.39 is 0 Å². The Morgan fingerprint density at radius 2 is 1.96 bits per heavy atom. The highest BCUT2D eigenvalue weighted by Gasteiger charge is 2.16. The van der Waals surface area contributed by atoms with Crippen molar-refractivity contribution >= 4 is 35.6 Å². The Balaban J connectivity index is 0.00000392.